The minimum Gasteiger partial charge on any atom is -0.441 e. The Labute approximate surface area is 365 Å². The third-order valence-electron chi connectivity index (χ3n) is 13.2. The van der Waals surface area contributed by atoms with Crippen LogP contribution in [0.2, 0.25) is 0 Å². The zero-order valence-electron chi connectivity index (χ0n) is 33.6. The Kier molecular flexibility index (Phi) is 6.95. The van der Waals surface area contributed by atoms with Gasteiger partial charge in [-0.3, -0.25) is 0 Å². The van der Waals surface area contributed by atoms with Crippen LogP contribution in [0, 0.1) is 0 Å². The van der Waals surface area contributed by atoms with E-state index in [1.165, 1.54) is 112 Å². The van der Waals surface area contributed by atoms with Gasteiger partial charge in [-0.15, -0.1) is 11.3 Å². The molecule has 0 atom stereocenters. The van der Waals surface area contributed by atoms with E-state index < -0.39 is 0 Å². The Morgan fingerprint density at radius 2 is 1.26 bits per heavy atom. The maximum absolute atomic E-state index is 7.05. The van der Waals surface area contributed by atoms with Crippen LogP contribution in [-0.2, 0) is 5.41 Å². The van der Waals surface area contributed by atoms with E-state index in [0.29, 0.717) is 0 Å². The molecule has 0 saturated carbocycles. The number of benzene rings is 8. The molecule has 0 aliphatic carbocycles. The van der Waals surface area contributed by atoms with E-state index in [9.17, 15) is 0 Å². The van der Waals surface area contributed by atoms with E-state index >= 15 is 0 Å². The average Bonchev–Trinajstić information content (AvgIpc) is 3.95. The maximum Gasteiger partial charge on any atom is 0.336 e. The normalized spacial score (nSPS) is 14.0. The van der Waals surface area contributed by atoms with Crippen molar-refractivity contribution in [2.75, 3.05) is 4.90 Å². The Morgan fingerprint density at radius 3 is 2.08 bits per heavy atom. The van der Waals surface area contributed by atoms with Crippen molar-refractivity contribution in [1.82, 2.24) is 4.48 Å². The third kappa shape index (κ3) is 4.69. The minimum absolute atomic E-state index is 0.0303. The first-order chi connectivity index (χ1) is 29.9. The van der Waals surface area contributed by atoms with Gasteiger partial charge in [0.05, 0.1) is 16.8 Å². The average molecular weight is 835 g/mol. The van der Waals surface area contributed by atoms with Crippen molar-refractivity contribution in [3.63, 3.8) is 0 Å². The smallest absolute Gasteiger partial charge is 0.336 e. The summed E-state index contributed by atoms with van der Waals surface area (Å²) in [6, 6.07) is 59.1. The van der Waals surface area contributed by atoms with E-state index in [1.54, 1.807) is 0 Å². The van der Waals surface area contributed by atoms with E-state index in [0.717, 1.165) is 16.7 Å². The summed E-state index contributed by atoms with van der Waals surface area (Å²) >= 11 is 5.70. The predicted molar refractivity (Wildman–Crippen MR) is 261 cm³/mol. The highest BCUT2D eigenvalue weighted by atomic mass is 32.2. The lowest BCUT2D eigenvalue weighted by Crippen LogP contribution is -2.56. The van der Waals surface area contributed by atoms with Gasteiger partial charge in [-0.05, 0) is 87.6 Å². The molecule has 0 saturated heterocycles. The fourth-order valence-electron chi connectivity index (χ4n) is 10.5. The van der Waals surface area contributed by atoms with Gasteiger partial charge >= 0.3 is 6.85 Å². The van der Waals surface area contributed by atoms with Crippen LogP contribution in [0.15, 0.2) is 182 Å². The molecular weight excluding hydrogens is 800 g/mol. The van der Waals surface area contributed by atoms with Gasteiger partial charge < -0.3 is 13.8 Å². The zero-order valence-corrected chi connectivity index (χ0v) is 36.1. The number of nitrogens with zero attached hydrogens (tertiary/aromatic N) is 2. The molecule has 11 aromatic rings. The quantitative estimate of drug-likeness (QED) is 0.162. The van der Waals surface area contributed by atoms with Crippen molar-refractivity contribution in [1.29, 1.82) is 0 Å². The maximum atomic E-state index is 7.05. The molecule has 0 radical (unpaired) electrons. The number of hydrogen-bond acceptors (Lipinski definition) is 5. The van der Waals surface area contributed by atoms with Gasteiger partial charge in [0.15, 0.2) is 5.71 Å². The van der Waals surface area contributed by atoms with Crippen molar-refractivity contribution in [3.8, 4) is 22.3 Å². The molecule has 0 bridgehead atoms. The lowest BCUT2D eigenvalue weighted by molar-refractivity contribution is 0.590. The van der Waals surface area contributed by atoms with Gasteiger partial charge in [0, 0.05) is 72.9 Å². The van der Waals surface area contributed by atoms with E-state index in [-0.39, 0.29) is 12.3 Å². The second-order valence-corrected chi connectivity index (χ2v) is 20.9. The molecule has 0 spiro atoms. The number of hydrogen-bond donors (Lipinski definition) is 0. The second-order valence-electron chi connectivity index (χ2n) is 17.6. The Morgan fingerprint density at radius 1 is 0.541 bits per heavy atom. The Hall–Kier alpha value is -6.12. The molecule has 8 aromatic carbocycles. The molecule has 3 aliphatic rings. The van der Waals surface area contributed by atoms with E-state index in [2.05, 4.69) is 188 Å². The summed E-state index contributed by atoms with van der Waals surface area (Å²) in [6.45, 7) is 6.81. The van der Waals surface area contributed by atoms with Crippen LogP contribution in [0.3, 0.4) is 0 Å². The first-order valence-corrected chi connectivity index (χ1v) is 23.4. The van der Waals surface area contributed by atoms with Gasteiger partial charge in [0.2, 0.25) is 0 Å². The highest BCUT2D eigenvalue weighted by Gasteiger charge is 2.46. The van der Waals surface area contributed by atoms with Crippen molar-refractivity contribution in [2.45, 2.75) is 45.8 Å². The van der Waals surface area contributed by atoms with Gasteiger partial charge in [0.1, 0.15) is 5.58 Å². The van der Waals surface area contributed by atoms with E-state index in [4.69, 9.17) is 4.42 Å². The molecule has 3 nitrogen and oxygen atoms in total. The van der Waals surface area contributed by atoms with Gasteiger partial charge in [-0.25, -0.2) is 0 Å². The summed E-state index contributed by atoms with van der Waals surface area (Å²) in [7, 11) is 0. The number of rotatable bonds is 2. The largest absolute Gasteiger partial charge is 0.441 e. The summed E-state index contributed by atoms with van der Waals surface area (Å²) in [5.74, 6) is 0. The predicted octanol–water partition coefficient (Wildman–Crippen LogP) is 14.9. The van der Waals surface area contributed by atoms with Gasteiger partial charge in [0.25, 0.3) is 0 Å². The van der Waals surface area contributed by atoms with Crippen molar-refractivity contribution < 1.29 is 4.42 Å². The van der Waals surface area contributed by atoms with Crippen molar-refractivity contribution in [3.05, 3.63) is 163 Å². The van der Waals surface area contributed by atoms with Gasteiger partial charge in [-0.1, -0.05) is 147 Å². The number of para-hydroxylation sites is 2. The number of anilines is 3. The first-order valence-electron chi connectivity index (χ1n) is 20.9. The summed E-state index contributed by atoms with van der Waals surface area (Å²) < 4.78 is 12.2. The van der Waals surface area contributed by atoms with Crippen LogP contribution in [0.4, 0.5) is 17.1 Å². The fourth-order valence-corrected chi connectivity index (χ4v) is 13.9. The number of aromatic nitrogens is 1. The molecule has 0 fully saturated rings. The topological polar surface area (TPSA) is 21.3 Å². The zero-order chi connectivity index (χ0) is 40.3. The molecule has 0 N–H and O–H groups in total. The van der Waals surface area contributed by atoms with Crippen LogP contribution in [0.1, 0.15) is 26.3 Å². The van der Waals surface area contributed by atoms with Crippen LogP contribution in [0.25, 0.3) is 75.4 Å². The monoisotopic (exact) mass is 834 g/mol. The van der Waals surface area contributed by atoms with Crippen LogP contribution < -0.4 is 15.8 Å². The van der Waals surface area contributed by atoms with Crippen molar-refractivity contribution in [2.24, 2.45) is 0 Å². The number of thiophene rings is 1. The highest BCUT2D eigenvalue weighted by Crippen LogP contribution is 2.56. The minimum atomic E-state index is -0.142. The summed E-state index contributed by atoms with van der Waals surface area (Å²) in [6.07, 6.45) is 0. The first kappa shape index (κ1) is 34.6. The highest BCUT2D eigenvalue weighted by molar-refractivity contribution is 8.05. The van der Waals surface area contributed by atoms with Crippen LogP contribution >= 0.6 is 34.9 Å². The lowest BCUT2D eigenvalue weighted by atomic mass is 9.45. The molecule has 14 rings (SSSR count). The SMILES string of the molecule is CC(C)(C)c1ccc(N2c3cc4c(cc3B3c5c(cc6sc7ccccc7c6c52)-c2cccc5c6c7ccccc7oc6n3c25)Sc2ccccc2S4)c(-c2ccccc2)c1. The number of fused-ring (bicyclic) bond motifs is 15. The molecule has 3 aliphatic heterocycles. The second kappa shape index (κ2) is 12.3. The molecule has 6 heterocycles. The summed E-state index contributed by atoms with van der Waals surface area (Å²) in [5.41, 5.74) is 15.7. The molecule has 3 aromatic heterocycles. The fraction of sp³-hybridized carbons (Fsp3) is 0.0741. The van der Waals surface area contributed by atoms with Crippen LogP contribution in [0.5, 0.6) is 0 Å². The van der Waals surface area contributed by atoms with Crippen LogP contribution in [-0.4, -0.2) is 11.3 Å². The summed E-state index contributed by atoms with van der Waals surface area (Å²) in [5, 5.41) is 6.20. The van der Waals surface area contributed by atoms with E-state index in [1.807, 2.05) is 34.9 Å². The lowest BCUT2D eigenvalue weighted by Gasteiger charge is -2.42. The molecule has 0 amide bonds. The molecule has 61 heavy (non-hydrogen) atoms. The van der Waals surface area contributed by atoms with Gasteiger partial charge in [-0.2, -0.15) is 0 Å². The molecular formula is C54H35BN2OS3. The standard InChI is InChI=1S/C54H35BN2OS3/c1-54(2,3)31-24-25-39(36(26-31)30-14-5-4-6-15-30)56-40-29-46-45(60-43-22-11-12-23-44(43)61-46)28-38(40)55-50-37(27-47-49(52(50)56)34-17-8-10-21-42(34)59-47)32-18-13-19-35-48-33-16-7-9-20-41(33)58-53(48)57(55)51(32)35/h4-29H,1-3H3. The Bertz CT molecular complexity index is 3720. The molecule has 0 unspecified atom stereocenters. The Balaban J connectivity index is 1.19. The third-order valence-corrected chi connectivity index (χ3v) is 16.8. The summed E-state index contributed by atoms with van der Waals surface area (Å²) in [4.78, 5) is 7.86. The van der Waals surface area contributed by atoms with Crippen molar-refractivity contribution >= 4 is 123 Å². The number of furan rings is 1. The molecule has 7 heteroatoms. The molecule has 288 valence electrons.